The van der Waals surface area contributed by atoms with E-state index >= 15 is 0 Å². The number of ketones is 4. The van der Waals surface area contributed by atoms with Crippen molar-refractivity contribution in [2.75, 3.05) is 0 Å². The van der Waals surface area contributed by atoms with E-state index in [1.807, 2.05) is 60.7 Å². The summed E-state index contributed by atoms with van der Waals surface area (Å²) < 4.78 is 0. The van der Waals surface area contributed by atoms with Crippen LogP contribution in [0.4, 0.5) is 0 Å². The van der Waals surface area contributed by atoms with Crippen LogP contribution in [0.15, 0.2) is 72.8 Å². The zero-order valence-corrected chi connectivity index (χ0v) is 21.3. The van der Waals surface area contributed by atoms with Gasteiger partial charge in [0.25, 0.3) is 0 Å². The Hall–Kier alpha value is -4.72. The molecule has 4 aliphatic carbocycles. The Bertz CT molecular complexity index is 1470. The predicted molar refractivity (Wildman–Crippen MR) is 142 cm³/mol. The van der Waals surface area contributed by atoms with Crippen LogP contribution in [0.2, 0.25) is 0 Å². The maximum absolute atomic E-state index is 13.2. The number of carbonyl (C=O) groups is 6. The Morgan fingerprint density at radius 2 is 0.850 bits per heavy atom. The molecule has 4 aliphatic rings. The first-order chi connectivity index (χ1) is 19.3. The van der Waals surface area contributed by atoms with Gasteiger partial charge in [0.15, 0.2) is 35.0 Å². The molecular weight excluding hydrogens is 508 g/mol. The first-order valence-electron chi connectivity index (χ1n) is 13.4. The lowest BCUT2D eigenvalue weighted by Crippen LogP contribution is -2.38. The summed E-state index contributed by atoms with van der Waals surface area (Å²) in [5.41, 5.74) is 1.90. The van der Waals surface area contributed by atoms with Crippen LogP contribution < -0.4 is 10.6 Å². The lowest BCUT2D eigenvalue weighted by Gasteiger charge is -2.09. The zero-order valence-electron chi connectivity index (χ0n) is 21.3. The molecule has 3 aromatic carbocycles. The van der Waals surface area contributed by atoms with Gasteiger partial charge in [-0.05, 0) is 36.1 Å². The van der Waals surface area contributed by atoms with E-state index in [4.69, 9.17) is 0 Å². The Balaban J connectivity index is 1.05. The summed E-state index contributed by atoms with van der Waals surface area (Å²) in [6, 6.07) is 21.4. The summed E-state index contributed by atoms with van der Waals surface area (Å²) in [6.45, 7) is 0. The highest BCUT2D eigenvalue weighted by Crippen LogP contribution is 2.43. The molecule has 0 aromatic heterocycles. The highest BCUT2D eigenvalue weighted by molar-refractivity contribution is 6.39. The van der Waals surface area contributed by atoms with Crippen molar-refractivity contribution < 1.29 is 28.8 Å². The average molecular weight is 533 g/mol. The standard InChI is InChI=1S/C32H24N2O6/c35-27-19-11-21-22(30(38)26(29(21)37)32(40)34-24-14-18(24)16-9-5-2-6-10-16)12-20(19)28(36)25(27)31(39)33-23-13-17(23)15-7-3-1-4-8-15/h1-12,17-18,23-26H,13-14H2,(H,33,39)(H,34,40). The molecular formula is C32H24N2O6. The molecule has 0 saturated heterocycles. The Morgan fingerprint density at radius 1 is 0.525 bits per heavy atom. The molecule has 2 amide bonds. The van der Waals surface area contributed by atoms with Crippen LogP contribution in [0.5, 0.6) is 0 Å². The van der Waals surface area contributed by atoms with Crippen molar-refractivity contribution in [1.29, 1.82) is 0 Å². The summed E-state index contributed by atoms with van der Waals surface area (Å²) in [7, 11) is 0. The average Bonchev–Trinajstić information content (AvgIpc) is 3.87. The fraction of sp³-hybridized carbons (Fsp3) is 0.250. The Morgan fingerprint density at radius 3 is 1.18 bits per heavy atom. The van der Waals surface area contributed by atoms with Crippen LogP contribution >= 0.6 is 0 Å². The van der Waals surface area contributed by atoms with E-state index in [0.717, 1.165) is 11.1 Å². The lowest BCUT2D eigenvalue weighted by atomic mass is 10.0. The van der Waals surface area contributed by atoms with Gasteiger partial charge in [0.2, 0.25) is 11.8 Å². The SMILES string of the molecule is O=C(NC1CC1c1ccccc1)C1C(=O)c2cc3c(cc2C1=O)C(=O)C(C(=O)NC1CC1c1ccccc1)C3=O. The molecule has 0 aliphatic heterocycles. The third kappa shape index (κ3) is 3.82. The van der Waals surface area contributed by atoms with Gasteiger partial charge in [-0.3, -0.25) is 28.8 Å². The van der Waals surface area contributed by atoms with E-state index in [0.29, 0.717) is 12.8 Å². The van der Waals surface area contributed by atoms with Gasteiger partial charge in [0, 0.05) is 46.2 Å². The molecule has 2 fully saturated rings. The summed E-state index contributed by atoms with van der Waals surface area (Å²) >= 11 is 0. The summed E-state index contributed by atoms with van der Waals surface area (Å²) in [5.74, 6) is -7.01. The molecule has 40 heavy (non-hydrogen) atoms. The number of hydrogen-bond acceptors (Lipinski definition) is 6. The van der Waals surface area contributed by atoms with E-state index in [1.54, 1.807) is 0 Å². The summed E-state index contributed by atoms with van der Waals surface area (Å²) in [4.78, 5) is 78.7. The first kappa shape index (κ1) is 24.3. The van der Waals surface area contributed by atoms with Gasteiger partial charge in [0.05, 0.1) is 0 Å². The number of benzene rings is 3. The number of hydrogen-bond donors (Lipinski definition) is 2. The van der Waals surface area contributed by atoms with Crippen LogP contribution in [-0.4, -0.2) is 47.0 Å². The normalized spacial score (nSPS) is 25.0. The van der Waals surface area contributed by atoms with Gasteiger partial charge < -0.3 is 10.6 Å². The molecule has 0 heterocycles. The number of carbonyl (C=O) groups excluding carboxylic acids is 6. The predicted octanol–water partition coefficient (Wildman–Crippen LogP) is 3.02. The third-order valence-electron chi connectivity index (χ3n) is 8.48. The topological polar surface area (TPSA) is 126 Å². The van der Waals surface area contributed by atoms with Crippen molar-refractivity contribution in [2.24, 2.45) is 11.8 Å². The Labute approximate surface area is 229 Å². The van der Waals surface area contributed by atoms with E-state index in [2.05, 4.69) is 10.6 Å². The smallest absolute Gasteiger partial charge is 0.239 e. The van der Waals surface area contributed by atoms with Crippen LogP contribution in [0, 0.1) is 11.8 Å². The lowest BCUT2D eigenvalue weighted by molar-refractivity contribution is -0.123. The minimum Gasteiger partial charge on any atom is -0.352 e. The van der Waals surface area contributed by atoms with Crippen molar-refractivity contribution in [3.8, 4) is 0 Å². The van der Waals surface area contributed by atoms with Gasteiger partial charge in [-0.25, -0.2) is 0 Å². The zero-order chi connectivity index (χ0) is 27.7. The number of Topliss-reactive ketones (excluding diaryl/α,β-unsaturated/α-hetero) is 4. The van der Waals surface area contributed by atoms with Crippen molar-refractivity contribution in [3.05, 3.63) is 106 Å². The highest BCUT2D eigenvalue weighted by atomic mass is 16.2. The number of rotatable bonds is 6. The van der Waals surface area contributed by atoms with Gasteiger partial charge >= 0.3 is 0 Å². The van der Waals surface area contributed by atoms with Crippen LogP contribution in [-0.2, 0) is 9.59 Å². The van der Waals surface area contributed by atoms with E-state index in [9.17, 15) is 28.8 Å². The van der Waals surface area contributed by atoms with Crippen LogP contribution in [0.1, 0.15) is 77.2 Å². The minimum absolute atomic E-state index is 0.0622. The monoisotopic (exact) mass is 532 g/mol. The van der Waals surface area contributed by atoms with Gasteiger partial charge in [-0.15, -0.1) is 0 Å². The highest BCUT2D eigenvalue weighted by Gasteiger charge is 2.51. The summed E-state index contributed by atoms with van der Waals surface area (Å²) in [6.07, 6.45) is 1.43. The molecule has 2 saturated carbocycles. The second kappa shape index (κ2) is 8.91. The van der Waals surface area contributed by atoms with Crippen LogP contribution in [0.25, 0.3) is 0 Å². The summed E-state index contributed by atoms with van der Waals surface area (Å²) in [5, 5.41) is 5.62. The molecule has 3 aromatic rings. The number of nitrogens with one attached hydrogen (secondary N) is 2. The molecule has 0 radical (unpaired) electrons. The van der Waals surface area contributed by atoms with Crippen molar-refractivity contribution >= 4 is 34.9 Å². The van der Waals surface area contributed by atoms with Gasteiger partial charge in [-0.1, -0.05) is 60.7 Å². The molecule has 0 spiro atoms. The van der Waals surface area contributed by atoms with E-state index < -0.39 is 46.8 Å². The molecule has 0 bridgehead atoms. The maximum atomic E-state index is 13.2. The van der Waals surface area contributed by atoms with E-state index in [-0.39, 0.29) is 46.2 Å². The third-order valence-corrected chi connectivity index (χ3v) is 8.48. The Kier molecular flexibility index (Phi) is 5.42. The second-order valence-corrected chi connectivity index (χ2v) is 11.0. The molecule has 2 N–H and O–H groups in total. The fourth-order valence-electron chi connectivity index (χ4n) is 6.13. The molecule has 198 valence electrons. The van der Waals surface area contributed by atoms with Crippen molar-refractivity contribution in [2.45, 2.75) is 36.8 Å². The van der Waals surface area contributed by atoms with Gasteiger partial charge in [0.1, 0.15) is 0 Å². The molecule has 8 nitrogen and oxygen atoms in total. The number of amides is 2. The quantitative estimate of drug-likeness (QED) is 0.470. The fourth-order valence-corrected chi connectivity index (χ4v) is 6.13. The maximum Gasteiger partial charge on any atom is 0.239 e. The molecule has 8 heteroatoms. The second-order valence-electron chi connectivity index (χ2n) is 11.0. The van der Waals surface area contributed by atoms with Gasteiger partial charge in [-0.2, -0.15) is 0 Å². The van der Waals surface area contributed by atoms with Crippen molar-refractivity contribution in [1.82, 2.24) is 10.6 Å². The molecule has 7 rings (SSSR count). The molecule has 4 atom stereocenters. The van der Waals surface area contributed by atoms with Crippen LogP contribution in [0.3, 0.4) is 0 Å². The minimum atomic E-state index is -1.55. The first-order valence-corrected chi connectivity index (χ1v) is 13.4. The van der Waals surface area contributed by atoms with E-state index in [1.165, 1.54) is 12.1 Å². The largest absolute Gasteiger partial charge is 0.352 e. The number of fused-ring (bicyclic) bond motifs is 2. The van der Waals surface area contributed by atoms with Crippen molar-refractivity contribution in [3.63, 3.8) is 0 Å². The molecule has 4 unspecified atom stereocenters.